The van der Waals surface area contributed by atoms with E-state index >= 15 is 0 Å². The van der Waals surface area contributed by atoms with Crippen LogP contribution in [0.2, 0.25) is 0 Å². The Morgan fingerprint density at radius 3 is 2.59 bits per heavy atom. The van der Waals surface area contributed by atoms with Crippen molar-refractivity contribution in [2.45, 2.75) is 43.5 Å². The molecule has 0 radical (unpaired) electrons. The topological polar surface area (TPSA) is 20.3 Å². The molecule has 0 heterocycles. The molecule has 3 heteroatoms. The molecule has 1 aromatic carbocycles. The maximum Gasteiger partial charge on any atom is 0.226 e. The summed E-state index contributed by atoms with van der Waals surface area (Å²) in [5.74, 6) is 0.225. The molecule has 2 unspecified atom stereocenters. The first-order valence-electron chi connectivity index (χ1n) is 6.23. The van der Waals surface area contributed by atoms with Crippen LogP contribution in [0.25, 0.3) is 0 Å². The molecule has 0 N–H and O–H groups in total. The van der Waals surface area contributed by atoms with Crippen LogP contribution < -0.4 is 4.90 Å². The zero-order chi connectivity index (χ0) is 12.3. The van der Waals surface area contributed by atoms with Gasteiger partial charge < -0.3 is 4.90 Å². The quantitative estimate of drug-likeness (QED) is 0.778. The van der Waals surface area contributed by atoms with Gasteiger partial charge in [0.05, 0.1) is 0 Å². The predicted octanol–water partition coefficient (Wildman–Crippen LogP) is 3.75. The molecule has 0 spiro atoms. The van der Waals surface area contributed by atoms with Crippen LogP contribution >= 0.6 is 15.9 Å². The molecule has 1 aliphatic rings. The normalized spacial score (nSPS) is 23.6. The van der Waals surface area contributed by atoms with Crippen molar-refractivity contribution in [1.29, 1.82) is 0 Å². The van der Waals surface area contributed by atoms with Gasteiger partial charge in [-0.25, -0.2) is 0 Å². The number of para-hydroxylation sites is 1. The molecule has 0 bridgehead atoms. The first-order valence-corrected chi connectivity index (χ1v) is 7.15. The summed E-state index contributed by atoms with van der Waals surface area (Å²) < 4.78 is 0. The molecule has 2 atom stereocenters. The van der Waals surface area contributed by atoms with Crippen LogP contribution in [0.3, 0.4) is 0 Å². The van der Waals surface area contributed by atoms with Gasteiger partial charge in [-0.3, -0.25) is 4.79 Å². The SMILES string of the molecule is CCC(=O)N(c1ccccc1)C1CCC(Br)C1. The summed E-state index contributed by atoms with van der Waals surface area (Å²) in [4.78, 5) is 14.7. The van der Waals surface area contributed by atoms with Crippen molar-refractivity contribution in [3.8, 4) is 0 Å². The number of alkyl halides is 1. The van der Waals surface area contributed by atoms with E-state index < -0.39 is 0 Å². The Balaban J connectivity index is 2.23. The van der Waals surface area contributed by atoms with Crippen molar-refractivity contribution in [2.24, 2.45) is 0 Å². The highest BCUT2D eigenvalue weighted by Crippen LogP contribution is 2.32. The van der Waals surface area contributed by atoms with Crippen LogP contribution in [0.1, 0.15) is 32.6 Å². The average molecular weight is 296 g/mol. The number of halogens is 1. The monoisotopic (exact) mass is 295 g/mol. The molecular formula is C14H18BrNO. The number of carbonyl (C=O) groups is 1. The number of benzene rings is 1. The summed E-state index contributed by atoms with van der Waals surface area (Å²) in [5.41, 5.74) is 1.03. The Labute approximate surface area is 111 Å². The molecule has 92 valence electrons. The van der Waals surface area contributed by atoms with Crippen LogP contribution in [0, 0.1) is 0 Å². The number of amides is 1. The van der Waals surface area contributed by atoms with E-state index in [0.29, 0.717) is 17.3 Å². The number of carbonyl (C=O) groups excluding carboxylic acids is 1. The fourth-order valence-corrected chi connectivity index (χ4v) is 3.15. The molecule has 0 saturated heterocycles. The molecule has 1 aliphatic carbocycles. The molecular weight excluding hydrogens is 278 g/mol. The first kappa shape index (κ1) is 12.6. The van der Waals surface area contributed by atoms with Gasteiger partial charge >= 0.3 is 0 Å². The largest absolute Gasteiger partial charge is 0.309 e. The molecule has 2 rings (SSSR count). The molecule has 1 fully saturated rings. The maximum atomic E-state index is 12.1. The summed E-state index contributed by atoms with van der Waals surface area (Å²) >= 11 is 3.65. The Morgan fingerprint density at radius 2 is 2.06 bits per heavy atom. The van der Waals surface area contributed by atoms with Crippen LogP contribution in [-0.4, -0.2) is 16.8 Å². The molecule has 1 saturated carbocycles. The van der Waals surface area contributed by atoms with Gasteiger partial charge in [-0.05, 0) is 31.4 Å². The van der Waals surface area contributed by atoms with Crippen LogP contribution in [-0.2, 0) is 4.79 Å². The Bertz CT molecular complexity index is 379. The van der Waals surface area contributed by atoms with E-state index in [0.717, 1.165) is 24.9 Å². The molecule has 17 heavy (non-hydrogen) atoms. The highest BCUT2D eigenvalue weighted by atomic mass is 79.9. The summed E-state index contributed by atoms with van der Waals surface area (Å²) in [7, 11) is 0. The smallest absolute Gasteiger partial charge is 0.226 e. The lowest BCUT2D eigenvalue weighted by atomic mass is 10.1. The van der Waals surface area contributed by atoms with E-state index in [4.69, 9.17) is 0 Å². The van der Waals surface area contributed by atoms with Gasteiger partial charge in [0.1, 0.15) is 0 Å². The molecule has 2 nitrogen and oxygen atoms in total. The molecule has 0 aromatic heterocycles. The lowest BCUT2D eigenvalue weighted by molar-refractivity contribution is -0.118. The third kappa shape index (κ3) is 2.89. The van der Waals surface area contributed by atoms with Crippen LogP contribution in [0.5, 0.6) is 0 Å². The number of anilines is 1. The lowest BCUT2D eigenvalue weighted by Gasteiger charge is -2.29. The van der Waals surface area contributed by atoms with Crippen molar-refractivity contribution >= 4 is 27.5 Å². The maximum absolute atomic E-state index is 12.1. The van der Waals surface area contributed by atoms with E-state index in [1.54, 1.807) is 0 Å². The van der Waals surface area contributed by atoms with Gasteiger partial charge in [0.2, 0.25) is 5.91 Å². The molecule has 0 aliphatic heterocycles. The second-order valence-corrected chi connectivity index (χ2v) is 5.81. The summed E-state index contributed by atoms with van der Waals surface area (Å²) in [5, 5.41) is 0. The summed E-state index contributed by atoms with van der Waals surface area (Å²) in [6.07, 6.45) is 3.88. The van der Waals surface area contributed by atoms with Crippen molar-refractivity contribution in [1.82, 2.24) is 0 Å². The van der Waals surface area contributed by atoms with Gasteiger partial charge in [0, 0.05) is 23.0 Å². The molecule has 1 amide bonds. The van der Waals surface area contributed by atoms with Gasteiger partial charge in [-0.1, -0.05) is 41.1 Å². The van der Waals surface area contributed by atoms with E-state index in [2.05, 4.69) is 15.9 Å². The second kappa shape index (κ2) is 5.67. The lowest BCUT2D eigenvalue weighted by Crippen LogP contribution is -2.38. The van der Waals surface area contributed by atoms with E-state index in [1.807, 2.05) is 42.2 Å². The third-order valence-corrected chi connectivity index (χ3v) is 4.14. The number of hydrogen-bond donors (Lipinski definition) is 0. The fraction of sp³-hybridized carbons (Fsp3) is 0.500. The third-order valence-electron chi connectivity index (χ3n) is 3.31. The van der Waals surface area contributed by atoms with Crippen molar-refractivity contribution in [3.05, 3.63) is 30.3 Å². The standard InChI is InChI=1S/C14H18BrNO/c1-2-14(17)16(12-6-4-3-5-7-12)13-9-8-11(15)10-13/h3-7,11,13H,2,8-10H2,1H3. The van der Waals surface area contributed by atoms with Crippen LogP contribution in [0.4, 0.5) is 5.69 Å². The predicted molar refractivity (Wildman–Crippen MR) is 74.6 cm³/mol. The second-order valence-electron chi connectivity index (χ2n) is 4.52. The van der Waals surface area contributed by atoms with E-state index in [1.165, 1.54) is 0 Å². The minimum atomic E-state index is 0.225. The van der Waals surface area contributed by atoms with Crippen molar-refractivity contribution < 1.29 is 4.79 Å². The van der Waals surface area contributed by atoms with Gasteiger partial charge in [0.15, 0.2) is 0 Å². The zero-order valence-electron chi connectivity index (χ0n) is 10.1. The minimum absolute atomic E-state index is 0.225. The zero-order valence-corrected chi connectivity index (χ0v) is 11.7. The molecule has 1 aromatic rings. The van der Waals surface area contributed by atoms with Crippen LogP contribution in [0.15, 0.2) is 30.3 Å². The van der Waals surface area contributed by atoms with E-state index in [-0.39, 0.29) is 5.91 Å². The van der Waals surface area contributed by atoms with E-state index in [9.17, 15) is 4.79 Å². The average Bonchev–Trinajstić information content (AvgIpc) is 2.77. The Morgan fingerprint density at radius 1 is 1.35 bits per heavy atom. The summed E-state index contributed by atoms with van der Waals surface area (Å²) in [6, 6.07) is 10.4. The fourth-order valence-electron chi connectivity index (χ4n) is 2.46. The Hall–Kier alpha value is -0.830. The first-order chi connectivity index (χ1) is 8.22. The highest BCUT2D eigenvalue weighted by Gasteiger charge is 2.30. The highest BCUT2D eigenvalue weighted by molar-refractivity contribution is 9.09. The number of nitrogens with zero attached hydrogens (tertiary/aromatic N) is 1. The van der Waals surface area contributed by atoms with Gasteiger partial charge in [-0.2, -0.15) is 0 Å². The number of hydrogen-bond acceptors (Lipinski definition) is 1. The number of rotatable bonds is 3. The van der Waals surface area contributed by atoms with Gasteiger partial charge in [-0.15, -0.1) is 0 Å². The van der Waals surface area contributed by atoms with Crippen molar-refractivity contribution in [2.75, 3.05) is 4.90 Å². The van der Waals surface area contributed by atoms with Crippen molar-refractivity contribution in [3.63, 3.8) is 0 Å². The minimum Gasteiger partial charge on any atom is -0.309 e. The Kier molecular flexibility index (Phi) is 4.21. The van der Waals surface area contributed by atoms with Gasteiger partial charge in [0.25, 0.3) is 0 Å². The summed E-state index contributed by atoms with van der Waals surface area (Å²) in [6.45, 7) is 1.93.